The highest BCUT2D eigenvalue weighted by Gasteiger charge is 2.07. The molecule has 94 valence electrons. The van der Waals surface area contributed by atoms with Gasteiger partial charge in [-0.05, 0) is 24.3 Å². The number of benzene rings is 1. The summed E-state index contributed by atoms with van der Waals surface area (Å²) in [6.45, 7) is 0. The third-order valence-corrected chi connectivity index (χ3v) is 4.51. The van der Waals surface area contributed by atoms with Gasteiger partial charge in [-0.1, -0.05) is 23.9 Å². The van der Waals surface area contributed by atoms with Gasteiger partial charge in [-0.15, -0.1) is 11.3 Å². The standard InChI is InChI=1S/C13H8N2O2S2/c16-12(17)10-6-5-8(7-14-10)18-13-15-9-3-1-2-4-11(9)19-13/h1-7H,(H,16,17). The lowest BCUT2D eigenvalue weighted by molar-refractivity contribution is 0.0690. The quantitative estimate of drug-likeness (QED) is 0.798. The van der Waals surface area contributed by atoms with E-state index in [2.05, 4.69) is 9.97 Å². The van der Waals surface area contributed by atoms with Crippen LogP contribution in [-0.2, 0) is 0 Å². The number of para-hydroxylation sites is 1. The van der Waals surface area contributed by atoms with Gasteiger partial charge in [-0.2, -0.15) is 0 Å². The van der Waals surface area contributed by atoms with Crippen molar-refractivity contribution < 1.29 is 9.90 Å². The number of aromatic carboxylic acids is 1. The van der Waals surface area contributed by atoms with E-state index in [0.717, 1.165) is 19.5 Å². The van der Waals surface area contributed by atoms with Crippen LogP contribution < -0.4 is 0 Å². The lowest BCUT2D eigenvalue weighted by atomic mass is 10.3. The summed E-state index contributed by atoms with van der Waals surface area (Å²) in [4.78, 5) is 20.0. The van der Waals surface area contributed by atoms with Crippen molar-refractivity contribution in [1.82, 2.24) is 9.97 Å². The Morgan fingerprint density at radius 2 is 2.05 bits per heavy atom. The minimum Gasteiger partial charge on any atom is -0.477 e. The average molecular weight is 288 g/mol. The van der Waals surface area contributed by atoms with Crippen LogP contribution in [0.3, 0.4) is 0 Å². The molecule has 19 heavy (non-hydrogen) atoms. The molecule has 6 heteroatoms. The van der Waals surface area contributed by atoms with Crippen LogP contribution in [0.5, 0.6) is 0 Å². The molecule has 0 fully saturated rings. The van der Waals surface area contributed by atoms with Gasteiger partial charge in [0.1, 0.15) is 5.69 Å². The van der Waals surface area contributed by atoms with E-state index < -0.39 is 5.97 Å². The zero-order valence-electron chi connectivity index (χ0n) is 9.61. The summed E-state index contributed by atoms with van der Waals surface area (Å²) < 4.78 is 2.06. The van der Waals surface area contributed by atoms with Gasteiger partial charge >= 0.3 is 5.97 Å². The molecule has 0 aliphatic carbocycles. The molecule has 2 aromatic heterocycles. The fraction of sp³-hybridized carbons (Fsp3) is 0. The van der Waals surface area contributed by atoms with Crippen LogP contribution in [0.4, 0.5) is 0 Å². The van der Waals surface area contributed by atoms with Gasteiger partial charge in [0.25, 0.3) is 0 Å². The topological polar surface area (TPSA) is 63.1 Å². The molecule has 0 bridgehead atoms. The first kappa shape index (κ1) is 12.1. The molecule has 0 saturated carbocycles. The summed E-state index contributed by atoms with van der Waals surface area (Å²) in [5.74, 6) is -1.02. The van der Waals surface area contributed by atoms with E-state index in [9.17, 15) is 4.79 Å². The normalized spacial score (nSPS) is 10.7. The van der Waals surface area contributed by atoms with Crippen molar-refractivity contribution in [3.63, 3.8) is 0 Å². The predicted molar refractivity (Wildman–Crippen MR) is 74.9 cm³/mol. The van der Waals surface area contributed by atoms with Crippen LogP contribution >= 0.6 is 23.1 Å². The second-order valence-electron chi connectivity index (χ2n) is 3.73. The highest BCUT2D eigenvalue weighted by Crippen LogP contribution is 2.33. The summed E-state index contributed by atoms with van der Waals surface area (Å²) in [5, 5.41) is 8.78. The molecule has 0 aliphatic heterocycles. The summed E-state index contributed by atoms with van der Waals surface area (Å²) in [7, 11) is 0. The number of carbonyl (C=O) groups is 1. The Kier molecular flexibility index (Phi) is 3.18. The molecule has 1 aromatic carbocycles. The van der Waals surface area contributed by atoms with E-state index >= 15 is 0 Å². The summed E-state index contributed by atoms with van der Waals surface area (Å²) >= 11 is 3.10. The molecule has 0 aliphatic rings. The molecule has 1 N–H and O–H groups in total. The lowest BCUT2D eigenvalue weighted by Crippen LogP contribution is -1.98. The molecular formula is C13H8N2O2S2. The fourth-order valence-corrected chi connectivity index (χ4v) is 3.57. The van der Waals surface area contributed by atoms with Crippen molar-refractivity contribution in [1.29, 1.82) is 0 Å². The Balaban J connectivity index is 1.86. The number of hydrogen-bond donors (Lipinski definition) is 1. The van der Waals surface area contributed by atoms with Crippen LogP contribution in [-0.4, -0.2) is 21.0 Å². The lowest BCUT2D eigenvalue weighted by Gasteiger charge is -1.97. The van der Waals surface area contributed by atoms with Crippen LogP contribution in [0.2, 0.25) is 0 Å². The number of carboxylic acid groups (broad SMARTS) is 1. The Morgan fingerprint density at radius 3 is 2.74 bits per heavy atom. The zero-order valence-corrected chi connectivity index (χ0v) is 11.2. The number of nitrogens with zero attached hydrogens (tertiary/aromatic N) is 2. The first-order valence-corrected chi connectivity index (χ1v) is 7.08. The maximum atomic E-state index is 10.7. The van der Waals surface area contributed by atoms with Gasteiger partial charge in [0.05, 0.1) is 10.2 Å². The van der Waals surface area contributed by atoms with Crippen molar-refractivity contribution in [3.8, 4) is 0 Å². The number of aromatic nitrogens is 2. The number of thiazole rings is 1. The molecule has 3 aromatic rings. The van der Waals surface area contributed by atoms with Crippen LogP contribution in [0.1, 0.15) is 10.5 Å². The molecule has 2 heterocycles. The average Bonchev–Trinajstić information content (AvgIpc) is 2.81. The molecular weight excluding hydrogens is 280 g/mol. The maximum absolute atomic E-state index is 10.7. The second kappa shape index (κ2) is 4.99. The zero-order chi connectivity index (χ0) is 13.2. The first-order valence-electron chi connectivity index (χ1n) is 5.45. The van der Waals surface area contributed by atoms with E-state index in [4.69, 9.17) is 5.11 Å². The monoisotopic (exact) mass is 288 g/mol. The molecule has 0 unspecified atom stereocenters. The van der Waals surface area contributed by atoms with Gasteiger partial charge in [0.15, 0.2) is 4.34 Å². The van der Waals surface area contributed by atoms with Crippen molar-refractivity contribution in [2.45, 2.75) is 9.24 Å². The number of fused-ring (bicyclic) bond motifs is 1. The van der Waals surface area contributed by atoms with E-state index in [1.54, 1.807) is 23.6 Å². The molecule has 0 spiro atoms. The summed E-state index contributed by atoms with van der Waals surface area (Å²) in [5.41, 5.74) is 1.03. The van der Waals surface area contributed by atoms with Crippen molar-refractivity contribution in [2.24, 2.45) is 0 Å². The van der Waals surface area contributed by atoms with Crippen LogP contribution in [0.15, 0.2) is 51.8 Å². The molecule has 0 amide bonds. The van der Waals surface area contributed by atoms with Gasteiger partial charge in [0, 0.05) is 11.1 Å². The van der Waals surface area contributed by atoms with Crippen molar-refractivity contribution >= 4 is 39.3 Å². The molecule has 4 nitrogen and oxygen atoms in total. The fourth-order valence-electron chi connectivity index (χ4n) is 1.56. The third-order valence-electron chi connectivity index (χ3n) is 2.43. The highest BCUT2D eigenvalue weighted by atomic mass is 32.2. The predicted octanol–water partition coefficient (Wildman–Crippen LogP) is 3.54. The molecule has 0 saturated heterocycles. The van der Waals surface area contributed by atoms with E-state index in [1.807, 2.05) is 24.3 Å². The van der Waals surface area contributed by atoms with Crippen LogP contribution in [0.25, 0.3) is 10.2 Å². The van der Waals surface area contributed by atoms with Crippen molar-refractivity contribution in [2.75, 3.05) is 0 Å². The van der Waals surface area contributed by atoms with E-state index in [-0.39, 0.29) is 5.69 Å². The first-order chi connectivity index (χ1) is 9.22. The maximum Gasteiger partial charge on any atom is 0.354 e. The number of rotatable bonds is 3. The van der Waals surface area contributed by atoms with E-state index in [0.29, 0.717) is 0 Å². The Hall–Kier alpha value is -1.92. The summed E-state index contributed by atoms with van der Waals surface area (Å²) in [6, 6.07) is 11.2. The molecule has 0 radical (unpaired) electrons. The van der Waals surface area contributed by atoms with Crippen LogP contribution in [0, 0.1) is 0 Å². The Labute approximate surface area is 117 Å². The summed E-state index contributed by atoms with van der Waals surface area (Å²) in [6.07, 6.45) is 1.56. The van der Waals surface area contributed by atoms with Crippen molar-refractivity contribution in [3.05, 3.63) is 48.3 Å². The highest BCUT2D eigenvalue weighted by molar-refractivity contribution is 8.01. The molecule has 3 rings (SSSR count). The Bertz CT molecular complexity index is 705. The Morgan fingerprint density at radius 1 is 1.21 bits per heavy atom. The second-order valence-corrected chi connectivity index (χ2v) is 6.09. The van der Waals surface area contributed by atoms with Gasteiger partial charge < -0.3 is 5.11 Å². The van der Waals surface area contributed by atoms with Gasteiger partial charge in [0.2, 0.25) is 0 Å². The van der Waals surface area contributed by atoms with Gasteiger partial charge in [-0.3, -0.25) is 0 Å². The number of pyridine rings is 1. The van der Waals surface area contributed by atoms with E-state index in [1.165, 1.54) is 17.8 Å². The minimum absolute atomic E-state index is 0.0497. The smallest absolute Gasteiger partial charge is 0.354 e. The SMILES string of the molecule is O=C(O)c1ccc(Sc2nc3ccccc3s2)cn1. The number of hydrogen-bond acceptors (Lipinski definition) is 5. The third kappa shape index (κ3) is 2.59. The molecule has 0 atom stereocenters. The minimum atomic E-state index is -1.02. The number of carboxylic acids is 1. The largest absolute Gasteiger partial charge is 0.477 e. The van der Waals surface area contributed by atoms with Gasteiger partial charge in [-0.25, -0.2) is 14.8 Å².